The number of rotatable bonds is 6. The molecule has 1 heterocycles. The third-order valence-electron chi connectivity index (χ3n) is 3.81. The lowest BCUT2D eigenvalue weighted by Crippen LogP contribution is -2.18. The number of hydrogen-bond acceptors (Lipinski definition) is 5. The van der Waals surface area contributed by atoms with Crippen molar-refractivity contribution in [1.29, 1.82) is 0 Å². The van der Waals surface area contributed by atoms with Crippen LogP contribution >= 0.6 is 46.1 Å². The minimum Gasteiger partial charge on any atom is -0.277 e. The molecule has 0 atom stereocenters. The van der Waals surface area contributed by atoms with Crippen LogP contribution in [-0.4, -0.2) is 16.8 Å². The number of nitrogens with one attached hydrogen (secondary N) is 2. The van der Waals surface area contributed by atoms with Crippen LogP contribution in [-0.2, 0) is 20.0 Å². The number of sulfonamides is 2. The van der Waals surface area contributed by atoms with Crippen LogP contribution in [0.3, 0.4) is 0 Å². The zero-order valence-electron chi connectivity index (χ0n) is 14.9. The van der Waals surface area contributed by atoms with Crippen molar-refractivity contribution in [3.05, 3.63) is 68.2 Å². The summed E-state index contributed by atoms with van der Waals surface area (Å²) in [5.41, 5.74) is -0.0878. The van der Waals surface area contributed by atoms with Crippen molar-refractivity contribution in [2.45, 2.75) is 16.0 Å². The summed E-state index contributed by atoms with van der Waals surface area (Å²) in [6, 6.07) is 7.13. The molecule has 3 aromatic rings. The standard InChI is InChI=1S/C17H12Cl3FN2O4S3/c1-9-5-16(13(21)6-10(9)18)29(24,25)22-14-7-11(19)12(20)8-15(14)23-30(26,27)17-3-2-4-28-17/h2-8,22-23H,1H3. The summed E-state index contributed by atoms with van der Waals surface area (Å²) in [6.07, 6.45) is 0. The van der Waals surface area contributed by atoms with Gasteiger partial charge in [0.05, 0.1) is 21.4 Å². The lowest BCUT2D eigenvalue weighted by molar-refractivity contribution is 0.569. The lowest BCUT2D eigenvalue weighted by Gasteiger charge is -2.16. The molecule has 0 saturated heterocycles. The molecule has 2 aromatic carbocycles. The molecular weight excluding hydrogens is 518 g/mol. The van der Waals surface area contributed by atoms with Crippen LogP contribution in [0.25, 0.3) is 0 Å². The number of halogens is 4. The van der Waals surface area contributed by atoms with Crippen molar-refractivity contribution >= 4 is 77.6 Å². The van der Waals surface area contributed by atoms with E-state index in [1.165, 1.54) is 13.0 Å². The van der Waals surface area contributed by atoms with Crippen molar-refractivity contribution < 1.29 is 21.2 Å². The fourth-order valence-electron chi connectivity index (χ4n) is 2.36. The first-order valence-corrected chi connectivity index (χ1v) is 12.9. The average molecular weight is 530 g/mol. The van der Waals surface area contributed by atoms with Gasteiger partial charge in [0, 0.05) is 5.02 Å². The van der Waals surface area contributed by atoms with E-state index in [2.05, 4.69) is 9.44 Å². The highest BCUT2D eigenvalue weighted by Crippen LogP contribution is 2.36. The molecule has 0 spiro atoms. The molecule has 30 heavy (non-hydrogen) atoms. The summed E-state index contributed by atoms with van der Waals surface area (Å²) in [4.78, 5) is -0.664. The van der Waals surface area contributed by atoms with Gasteiger partial charge in [0.25, 0.3) is 20.0 Å². The maximum atomic E-state index is 14.3. The van der Waals surface area contributed by atoms with E-state index in [9.17, 15) is 21.2 Å². The predicted molar refractivity (Wildman–Crippen MR) is 119 cm³/mol. The summed E-state index contributed by atoms with van der Waals surface area (Å²) in [5.74, 6) is -1.07. The Hall–Kier alpha value is -1.56. The van der Waals surface area contributed by atoms with Gasteiger partial charge in [-0.15, -0.1) is 11.3 Å². The molecule has 0 fully saturated rings. The van der Waals surface area contributed by atoms with E-state index in [0.29, 0.717) is 5.56 Å². The molecule has 0 amide bonds. The Bertz CT molecular complexity index is 1330. The van der Waals surface area contributed by atoms with Crippen LogP contribution < -0.4 is 9.44 Å². The van der Waals surface area contributed by atoms with Crippen molar-refractivity contribution in [3.8, 4) is 0 Å². The predicted octanol–water partition coefficient (Wildman–Crippen LogP) is 5.76. The highest BCUT2D eigenvalue weighted by atomic mass is 35.5. The zero-order valence-corrected chi connectivity index (χ0v) is 19.6. The summed E-state index contributed by atoms with van der Waals surface area (Å²) < 4.78 is 69.4. The Morgan fingerprint density at radius 3 is 1.97 bits per heavy atom. The van der Waals surface area contributed by atoms with E-state index in [4.69, 9.17) is 34.8 Å². The number of aryl methyl sites for hydroxylation is 1. The molecule has 2 N–H and O–H groups in total. The molecule has 3 rings (SSSR count). The number of hydrogen-bond donors (Lipinski definition) is 2. The molecule has 160 valence electrons. The van der Waals surface area contributed by atoms with Crippen LogP contribution in [0.15, 0.2) is 50.9 Å². The molecule has 0 aliphatic heterocycles. The first-order valence-electron chi connectivity index (χ1n) is 7.94. The van der Waals surface area contributed by atoms with E-state index < -0.39 is 30.8 Å². The normalized spacial score (nSPS) is 12.0. The lowest BCUT2D eigenvalue weighted by atomic mass is 10.2. The smallest absolute Gasteiger partial charge is 0.271 e. The van der Waals surface area contributed by atoms with Gasteiger partial charge in [-0.2, -0.15) is 0 Å². The van der Waals surface area contributed by atoms with E-state index in [0.717, 1.165) is 35.6 Å². The number of anilines is 2. The zero-order chi connectivity index (χ0) is 22.3. The Morgan fingerprint density at radius 2 is 1.43 bits per heavy atom. The van der Waals surface area contributed by atoms with Gasteiger partial charge < -0.3 is 0 Å². The maximum Gasteiger partial charge on any atom is 0.271 e. The quantitative estimate of drug-likeness (QED) is 0.425. The van der Waals surface area contributed by atoms with Gasteiger partial charge in [-0.3, -0.25) is 9.44 Å². The van der Waals surface area contributed by atoms with E-state index in [-0.39, 0.29) is 30.7 Å². The van der Waals surface area contributed by atoms with Crippen molar-refractivity contribution in [2.24, 2.45) is 0 Å². The molecule has 13 heteroatoms. The van der Waals surface area contributed by atoms with Gasteiger partial charge in [-0.05, 0) is 48.2 Å². The van der Waals surface area contributed by atoms with E-state index >= 15 is 0 Å². The highest BCUT2D eigenvalue weighted by molar-refractivity contribution is 7.94. The van der Waals surface area contributed by atoms with Crippen LogP contribution in [0.5, 0.6) is 0 Å². The van der Waals surface area contributed by atoms with Crippen LogP contribution in [0, 0.1) is 12.7 Å². The minimum atomic E-state index is -4.46. The molecule has 1 aromatic heterocycles. The minimum absolute atomic E-state index is 0.00162. The molecule has 0 aliphatic carbocycles. The second-order valence-electron chi connectivity index (χ2n) is 5.99. The maximum absolute atomic E-state index is 14.3. The van der Waals surface area contributed by atoms with Gasteiger partial charge >= 0.3 is 0 Å². The summed E-state index contributed by atoms with van der Waals surface area (Å²) in [5, 5.41) is 1.57. The summed E-state index contributed by atoms with van der Waals surface area (Å²) in [6.45, 7) is 1.51. The van der Waals surface area contributed by atoms with Gasteiger partial charge in [0.2, 0.25) is 0 Å². The van der Waals surface area contributed by atoms with Gasteiger partial charge in [-0.25, -0.2) is 21.2 Å². The van der Waals surface area contributed by atoms with Crippen LogP contribution in [0.2, 0.25) is 15.1 Å². The third-order valence-corrected chi connectivity index (χ3v) is 9.08. The van der Waals surface area contributed by atoms with Gasteiger partial charge in [0.1, 0.15) is 14.9 Å². The number of benzene rings is 2. The molecule has 0 unspecified atom stereocenters. The molecule has 0 saturated carbocycles. The third kappa shape index (κ3) is 4.84. The fourth-order valence-corrected chi connectivity index (χ4v) is 6.12. The SMILES string of the molecule is Cc1cc(S(=O)(=O)Nc2cc(Cl)c(Cl)cc2NS(=O)(=O)c2cccs2)c(F)cc1Cl. The van der Waals surface area contributed by atoms with Crippen molar-refractivity contribution in [3.63, 3.8) is 0 Å². The Balaban J connectivity index is 2.06. The first kappa shape index (κ1) is 23.1. The Kier molecular flexibility index (Phi) is 6.57. The molecule has 6 nitrogen and oxygen atoms in total. The van der Waals surface area contributed by atoms with Crippen molar-refractivity contribution in [2.75, 3.05) is 9.44 Å². The average Bonchev–Trinajstić information content (AvgIpc) is 3.17. The molecule has 0 bridgehead atoms. The Morgan fingerprint density at radius 1 is 0.867 bits per heavy atom. The second kappa shape index (κ2) is 8.52. The largest absolute Gasteiger partial charge is 0.277 e. The number of thiophene rings is 1. The van der Waals surface area contributed by atoms with E-state index in [1.54, 1.807) is 11.4 Å². The van der Waals surface area contributed by atoms with Gasteiger partial charge in [0.15, 0.2) is 0 Å². The van der Waals surface area contributed by atoms with Crippen LogP contribution in [0.4, 0.5) is 15.8 Å². The molecular formula is C17H12Cl3FN2O4S3. The first-order chi connectivity index (χ1) is 13.9. The fraction of sp³-hybridized carbons (Fsp3) is 0.0588. The summed E-state index contributed by atoms with van der Waals surface area (Å²) in [7, 11) is -8.48. The Labute approximate surface area is 191 Å². The second-order valence-corrected chi connectivity index (χ2v) is 11.7. The monoisotopic (exact) mass is 528 g/mol. The van der Waals surface area contributed by atoms with Gasteiger partial charge in [-0.1, -0.05) is 40.9 Å². The molecule has 0 radical (unpaired) electrons. The van der Waals surface area contributed by atoms with E-state index in [1.807, 2.05) is 0 Å². The molecule has 0 aliphatic rings. The van der Waals surface area contributed by atoms with Crippen LogP contribution in [0.1, 0.15) is 5.56 Å². The van der Waals surface area contributed by atoms with Crippen molar-refractivity contribution in [1.82, 2.24) is 0 Å². The highest BCUT2D eigenvalue weighted by Gasteiger charge is 2.24. The summed E-state index contributed by atoms with van der Waals surface area (Å²) >= 11 is 18.7. The topological polar surface area (TPSA) is 92.3 Å².